The molecular weight excluding hydrogens is 348 g/mol. The highest BCUT2D eigenvalue weighted by Gasteiger charge is 2.09. The van der Waals surface area contributed by atoms with Gasteiger partial charge in [-0.1, -0.05) is 54.1 Å². The van der Waals surface area contributed by atoms with E-state index in [1.807, 2.05) is 42.5 Å². The van der Waals surface area contributed by atoms with Crippen LogP contribution in [-0.2, 0) is 11.2 Å². The standard InChI is InChI=1S/C21H17ClN2O2/c22-18-10-6-16(7-11-18)21(17-8-12-19(25)13-9-17)24-23-20(26)14-15-4-2-1-3-5-15/h1-13,25H,14H2,(H,23,26). The molecule has 0 bridgehead atoms. The molecule has 0 saturated heterocycles. The van der Waals surface area contributed by atoms with E-state index in [9.17, 15) is 9.90 Å². The molecule has 26 heavy (non-hydrogen) atoms. The number of carbonyl (C=O) groups excluding carboxylic acids is 1. The molecule has 0 aliphatic carbocycles. The summed E-state index contributed by atoms with van der Waals surface area (Å²) in [4.78, 5) is 12.2. The molecule has 3 aromatic carbocycles. The quantitative estimate of drug-likeness (QED) is 0.527. The highest BCUT2D eigenvalue weighted by Crippen LogP contribution is 2.17. The Kier molecular flexibility index (Phi) is 5.66. The van der Waals surface area contributed by atoms with Crippen LogP contribution < -0.4 is 5.43 Å². The van der Waals surface area contributed by atoms with E-state index in [-0.39, 0.29) is 18.1 Å². The zero-order valence-corrected chi connectivity index (χ0v) is 14.6. The van der Waals surface area contributed by atoms with E-state index in [0.29, 0.717) is 10.7 Å². The summed E-state index contributed by atoms with van der Waals surface area (Å²) in [5, 5.41) is 14.4. The molecule has 3 rings (SSSR count). The Morgan fingerprint density at radius 1 is 0.885 bits per heavy atom. The van der Waals surface area contributed by atoms with Crippen molar-refractivity contribution in [3.8, 4) is 5.75 Å². The first-order valence-corrected chi connectivity index (χ1v) is 8.45. The van der Waals surface area contributed by atoms with Crippen LogP contribution in [0, 0.1) is 0 Å². The van der Waals surface area contributed by atoms with Gasteiger partial charge >= 0.3 is 0 Å². The highest BCUT2D eigenvalue weighted by atomic mass is 35.5. The molecule has 0 fully saturated rings. The summed E-state index contributed by atoms with van der Waals surface area (Å²) in [6, 6.07) is 23.3. The van der Waals surface area contributed by atoms with E-state index in [2.05, 4.69) is 10.5 Å². The van der Waals surface area contributed by atoms with Gasteiger partial charge in [0.1, 0.15) is 5.75 Å². The van der Waals surface area contributed by atoms with Crippen LogP contribution in [-0.4, -0.2) is 16.7 Å². The number of hydrogen-bond acceptors (Lipinski definition) is 3. The van der Waals surface area contributed by atoms with Gasteiger partial charge in [0, 0.05) is 16.1 Å². The number of carbonyl (C=O) groups is 1. The molecule has 0 unspecified atom stereocenters. The minimum atomic E-state index is -0.207. The van der Waals surface area contributed by atoms with E-state index in [1.165, 1.54) is 0 Å². The molecule has 5 heteroatoms. The van der Waals surface area contributed by atoms with Gasteiger partial charge in [0.2, 0.25) is 5.91 Å². The van der Waals surface area contributed by atoms with Gasteiger partial charge in [-0.25, -0.2) is 5.43 Å². The van der Waals surface area contributed by atoms with Crippen molar-refractivity contribution in [3.05, 3.63) is 101 Å². The van der Waals surface area contributed by atoms with Gasteiger partial charge in [0.25, 0.3) is 0 Å². The number of benzene rings is 3. The van der Waals surface area contributed by atoms with Crippen molar-refractivity contribution < 1.29 is 9.90 Å². The molecule has 2 N–H and O–H groups in total. The lowest BCUT2D eigenvalue weighted by Crippen LogP contribution is -2.22. The van der Waals surface area contributed by atoms with Crippen molar-refractivity contribution in [1.29, 1.82) is 0 Å². The van der Waals surface area contributed by atoms with Crippen molar-refractivity contribution in [2.45, 2.75) is 6.42 Å². The van der Waals surface area contributed by atoms with Gasteiger partial charge < -0.3 is 5.11 Å². The normalized spacial score (nSPS) is 11.2. The summed E-state index contributed by atoms with van der Waals surface area (Å²) in [6.07, 6.45) is 0.244. The zero-order valence-electron chi connectivity index (χ0n) is 13.9. The molecule has 0 atom stereocenters. The fourth-order valence-electron chi connectivity index (χ4n) is 2.46. The zero-order chi connectivity index (χ0) is 18.4. The summed E-state index contributed by atoms with van der Waals surface area (Å²) in [6.45, 7) is 0. The van der Waals surface area contributed by atoms with Crippen LogP contribution in [0.3, 0.4) is 0 Å². The van der Waals surface area contributed by atoms with Gasteiger partial charge in [-0.15, -0.1) is 0 Å². The number of phenols is 1. The minimum Gasteiger partial charge on any atom is -0.508 e. The molecule has 0 heterocycles. The predicted molar refractivity (Wildman–Crippen MR) is 103 cm³/mol. The Morgan fingerprint density at radius 2 is 1.46 bits per heavy atom. The van der Waals surface area contributed by atoms with Gasteiger partial charge in [0.15, 0.2) is 0 Å². The summed E-state index contributed by atoms with van der Waals surface area (Å²) in [7, 11) is 0. The topological polar surface area (TPSA) is 61.7 Å². The Labute approximate surface area is 156 Å². The lowest BCUT2D eigenvalue weighted by molar-refractivity contribution is -0.120. The van der Waals surface area contributed by atoms with Crippen molar-refractivity contribution in [1.82, 2.24) is 5.43 Å². The Morgan fingerprint density at radius 3 is 2.08 bits per heavy atom. The van der Waals surface area contributed by atoms with Crippen molar-refractivity contribution >= 4 is 23.2 Å². The van der Waals surface area contributed by atoms with Crippen LogP contribution in [0.5, 0.6) is 5.75 Å². The molecule has 130 valence electrons. The number of nitrogens with zero attached hydrogens (tertiary/aromatic N) is 1. The molecule has 0 aliphatic rings. The van der Waals surface area contributed by atoms with E-state index < -0.39 is 0 Å². The molecular formula is C21H17ClN2O2. The van der Waals surface area contributed by atoms with Crippen LogP contribution >= 0.6 is 11.6 Å². The SMILES string of the molecule is O=C(Cc1ccccc1)NN=C(c1ccc(O)cc1)c1ccc(Cl)cc1. The second-order valence-corrected chi connectivity index (χ2v) is 6.15. The van der Waals surface area contributed by atoms with Gasteiger partial charge in [-0.3, -0.25) is 4.79 Å². The third kappa shape index (κ3) is 4.71. The number of hydrogen-bond donors (Lipinski definition) is 2. The maximum Gasteiger partial charge on any atom is 0.244 e. The highest BCUT2D eigenvalue weighted by molar-refractivity contribution is 6.30. The van der Waals surface area contributed by atoms with Crippen molar-refractivity contribution in [2.24, 2.45) is 5.10 Å². The van der Waals surface area contributed by atoms with E-state index >= 15 is 0 Å². The molecule has 4 nitrogen and oxygen atoms in total. The number of amides is 1. The summed E-state index contributed by atoms with van der Waals surface area (Å²) in [5.74, 6) is -0.0428. The largest absolute Gasteiger partial charge is 0.508 e. The van der Waals surface area contributed by atoms with E-state index in [1.54, 1.807) is 36.4 Å². The molecule has 0 saturated carbocycles. The first kappa shape index (κ1) is 17.7. The lowest BCUT2D eigenvalue weighted by atomic mass is 10.0. The van der Waals surface area contributed by atoms with E-state index in [4.69, 9.17) is 11.6 Å². The number of hydrazone groups is 1. The second-order valence-electron chi connectivity index (χ2n) is 5.71. The maximum atomic E-state index is 12.2. The van der Waals surface area contributed by atoms with Crippen LogP contribution in [0.2, 0.25) is 5.02 Å². The van der Waals surface area contributed by atoms with Crippen molar-refractivity contribution in [2.75, 3.05) is 0 Å². The fourth-order valence-corrected chi connectivity index (χ4v) is 2.59. The molecule has 0 aliphatic heterocycles. The number of halogens is 1. The molecule has 0 spiro atoms. The maximum absolute atomic E-state index is 12.2. The second kappa shape index (κ2) is 8.32. The molecule has 0 radical (unpaired) electrons. The Hall–Kier alpha value is -3.11. The molecule has 0 aromatic heterocycles. The average Bonchev–Trinajstić information content (AvgIpc) is 2.65. The van der Waals surface area contributed by atoms with E-state index in [0.717, 1.165) is 16.7 Å². The van der Waals surface area contributed by atoms with Crippen LogP contribution in [0.4, 0.5) is 0 Å². The summed E-state index contributed by atoms with van der Waals surface area (Å²) >= 11 is 5.96. The predicted octanol–water partition coefficient (Wildman–Crippen LogP) is 4.16. The van der Waals surface area contributed by atoms with Crippen LogP contribution in [0.15, 0.2) is 84.0 Å². The van der Waals surface area contributed by atoms with Crippen LogP contribution in [0.25, 0.3) is 0 Å². The number of phenolic OH excluding ortho intramolecular Hbond substituents is 1. The van der Waals surface area contributed by atoms with Gasteiger partial charge in [-0.05, 0) is 42.0 Å². The first-order chi connectivity index (χ1) is 12.6. The fraction of sp³-hybridized carbons (Fsp3) is 0.0476. The van der Waals surface area contributed by atoms with Crippen molar-refractivity contribution in [3.63, 3.8) is 0 Å². The summed E-state index contributed by atoms with van der Waals surface area (Å²) < 4.78 is 0. The smallest absolute Gasteiger partial charge is 0.244 e. The monoisotopic (exact) mass is 364 g/mol. The minimum absolute atomic E-state index is 0.164. The summed E-state index contributed by atoms with van der Waals surface area (Å²) in [5.41, 5.74) is 5.69. The van der Waals surface area contributed by atoms with Gasteiger partial charge in [-0.2, -0.15) is 5.10 Å². The van der Waals surface area contributed by atoms with Crippen LogP contribution in [0.1, 0.15) is 16.7 Å². The number of aromatic hydroxyl groups is 1. The molecule has 1 amide bonds. The van der Waals surface area contributed by atoms with Gasteiger partial charge in [0.05, 0.1) is 12.1 Å². The Bertz CT molecular complexity index is 858. The third-order valence-corrected chi connectivity index (χ3v) is 4.01. The third-order valence-electron chi connectivity index (χ3n) is 3.76. The lowest BCUT2D eigenvalue weighted by Gasteiger charge is -2.09. The molecule has 3 aromatic rings. The number of rotatable bonds is 5. The first-order valence-electron chi connectivity index (χ1n) is 8.07. The average molecular weight is 365 g/mol. The number of nitrogens with one attached hydrogen (secondary N) is 1. The Balaban J connectivity index is 1.85.